The van der Waals surface area contributed by atoms with Gasteiger partial charge in [-0.2, -0.15) is 0 Å². The minimum atomic E-state index is -1.65. The molecule has 0 bridgehead atoms. The normalized spacial score (nSPS) is 19.5. The number of aromatic nitrogens is 6. The van der Waals surface area contributed by atoms with Crippen molar-refractivity contribution in [3.8, 4) is 16.9 Å². The van der Waals surface area contributed by atoms with Gasteiger partial charge in [-0.05, 0) is 24.3 Å². The molecule has 4 aromatic rings. The summed E-state index contributed by atoms with van der Waals surface area (Å²) in [5.74, 6) is -0.238. The fourth-order valence-electron chi connectivity index (χ4n) is 3.56. The Hall–Kier alpha value is -3.92. The Balaban J connectivity index is 1.51. The molecule has 1 saturated heterocycles. The maximum atomic E-state index is 12.3. The predicted octanol–water partition coefficient (Wildman–Crippen LogP) is 0.904. The first-order chi connectivity index (χ1) is 14.8. The molecular formula is C20H18N8O2. The molecule has 1 fully saturated rings. The summed E-state index contributed by atoms with van der Waals surface area (Å²) >= 11 is 0. The van der Waals surface area contributed by atoms with Gasteiger partial charge in [-0.3, -0.25) is 4.79 Å². The van der Waals surface area contributed by atoms with Crippen LogP contribution in [0.4, 0.5) is 5.82 Å². The SMILES string of the molecule is [2H]c1nc(N)c2nc(-c3cccc(-n4cc([C@]5(O)CCN(C)C5=O)nn4)c3)ccc2n1. The van der Waals surface area contributed by atoms with Gasteiger partial charge in [0.2, 0.25) is 0 Å². The van der Waals surface area contributed by atoms with Gasteiger partial charge in [-0.1, -0.05) is 17.3 Å². The van der Waals surface area contributed by atoms with Gasteiger partial charge in [0.05, 0.1) is 23.1 Å². The van der Waals surface area contributed by atoms with Crippen molar-refractivity contribution in [2.75, 3.05) is 19.3 Å². The number of pyridine rings is 1. The average Bonchev–Trinajstić information content (AvgIpc) is 3.36. The van der Waals surface area contributed by atoms with Gasteiger partial charge in [0.1, 0.15) is 18.9 Å². The van der Waals surface area contributed by atoms with E-state index in [2.05, 4.69) is 25.3 Å². The topological polar surface area (TPSA) is 136 Å². The van der Waals surface area contributed by atoms with Gasteiger partial charge in [0, 0.05) is 25.6 Å². The first-order valence-corrected chi connectivity index (χ1v) is 9.27. The summed E-state index contributed by atoms with van der Waals surface area (Å²) in [5.41, 5.74) is 7.52. The van der Waals surface area contributed by atoms with Crippen LogP contribution < -0.4 is 5.73 Å². The van der Waals surface area contributed by atoms with E-state index in [-0.39, 0.29) is 30.1 Å². The Morgan fingerprint density at radius 2 is 2.13 bits per heavy atom. The second kappa shape index (κ2) is 6.56. The minimum absolute atomic E-state index is 0.147. The predicted molar refractivity (Wildman–Crippen MR) is 108 cm³/mol. The Kier molecular flexibility index (Phi) is 3.71. The average molecular weight is 403 g/mol. The Labute approximate surface area is 172 Å². The third kappa shape index (κ3) is 2.77. The zero-order chi connectivity index (χ0) is 21.8. The van der Waals surface area contributed by atoms with E-state index in [9.17, 15) is 9.90 Å². The number of anilines is 1. The van der Waals surface area contributed by atoms with Gasteiger partial charge in [0.25, 0.3) is 5.91 Å². The number of nitrogen functional groups attached to an aromatic ring is 1. The van der Waals surface area contributed by atoms with E-state index in [1.54, 1.807) is 25.4 Å². The van der Waals surface area contributed by atoms with Crippen molar-refractivity contribution in [1.82, 2.24) is 34.8 Å². The lowest BCUT2D eigenvalue weighted by atomic mass is 9.99. The molecular weight excluding hydrogens is 384 g/mol. The first-order valence-electron chi connectivity index (χ1n) is 9.77. The van der Waals surface area contributed by atoms with Crippen molar-refractivity contribution in [2.45, 2.75) is 12.0 Å². The molecule has 10 nitrogen and oxygen atoms in total. The molecule has 10 heteroatoms. The highest BCUT2D eigenvalue weighted by molar-refractivity contribution is 5.88. The lowest BCUT2D eigenvalue weighted by Gasteiger charge is -2.17. The van der Waals surface area contributed by atoms with Crippen molar-refractivity contribution < 1.29 is 11.3 Å². The summed E-state index contributed by atoms with van der Waals surface area (Å²) in [7, 11) is 1.65. The number of nitrogens with two attached hydrogens (primary N) is 1. The molecule has 5 rings (SSSR count). The number of carbonyl (C=O) groups is 1. The van der Waals surface area contributed by atoms with Crippen LogP contribution in [0.25, 0.3) is 28.0 Å². The van der Waals surface area contributed by atoms with Gasteiger partial charge >= 0.3 is 0 Å². The number of fused-ring (bicyclic) bond motifs is 1. The number of benzene rings is 1. The third-order valence-corrected chi connectivity index (χ3v) is 5.29. The number of amides is 1. The monoisotopic (exact) mass is 403 g/mol. The van der Waals surface area contributed by atoms with Crippen molar-refractivity contribution in [3.63, 3.8) is 0 Å². The number of hydrogen-bond acceptors (Lipinski definition) is 8. The molecule has 1 amide bonds. The Morgan fingerprint density at radius 1 is 1.27 bits per heavy atom. The second-order valence-corrected chi connectivity index (χ2v) is 7.21. The van der Waals surface area contributed by atoms with Crippen molar-refractivity contribution in [3.05, 3.63) is 54.6 Å². The van der Waals surface area contributed by atoms with Crippen LogP contribution in [0.1, 0.15) is 13.5 Å². The third-order valence-electron chi connectivity index (χ3n) is 5.29. The maximum absolute atomic E-state index is 12.3. The summed E-state index contributed by atoms with van der Waals surface area (Å²) < 4.78 is 9.08. The molecule has 1 atom stereocenters. The Morgan fingerprint density at radius 3 is 2.93 bits per heavy atom. The molecule has 0 aliphatic carbocycles. The van der Waals surface area contributed by atoms with Crippen molar-refractivity contribution in [2.24, 2.45) is 0 Å². The van der Waals surface area contributed by atoms with Gasteiger partial charge in [-0.15, -0.1) is 5.10 Å². The molecule has 4 heterocycles. The van der Waals surface area contributed by atoms with E-state index in [1.165, 1.54) is 9.58 Å². The molecule has 3 aromatic heterocycles. The smallest absolute Gasteiger partial charge is 0.260 e. The van der Waals surface area contributed by atoms with Crippen LogP contribution >= 0.6 is 0 Å². The minimum Gasteiger partial charge on any atom is -0.382 e. The number of likely N-dealkylation sites (tertiary alicyclic amines) is 1. The van der Waals surface area contributed by atoms with E-state index in [1.807, 2.05) is 24.3 Å². The van der Waals surface area contributed by atoms with E-state index < -0.39 is 5.60 Å². The Bertz CT molecular complexity index is 1340. The van der Waals surface area contributed by atoms with Crippen LogP contribution in [0.3, 0.4) is 0 Å². The van der Waals surface area contributed by atoms with Crippen LogP contribution in [0.5, 0.6) is 0 Å². The summed E-state index contributed by atoms with van der Waals surface area (Å²) in [5, 5.41) is 18.9. The quantitative estimate of drug-likeness (QED) is 0.515. The fourth-order valence-corrected chi connectivity index (χ4v) is 3.56. The molecule has 0 saturated carbocycles. The van der Waals surface area contributed by atoms with Crippen molar-refractivity contribution >= 4 is 22.8 Å². The summed E-state index contributed by atoms with van der Waals surface area (Å²) in [6, 6.07) is 10.9. The molecule has 0 unspecified atom stereocenters. The number of rotatable bonds is 3. The molecule has 1 aliphatic rings. The number of nitrogens with zero attached hydrogens (tertiary/aromatic N) is 7. The molecule has 1 aromatic carbocycles. The highest BCUT2D eigenvalue weighted by Gasteiger charge is 2.47. The molecule has 0 spiro atoms. The number of aliphatic hydroxyl groups is 1. The standard InChI is InChI=1S/C20H18N8O2/c1-27-8-7-20(30,19(27)29)16-10-28(26-25-16)13-4-2-3-12(9-13)14-5-6-15-17(24-14)18(21)23-11-22-15/h2-6,9-11,30H,7-8H2,1H3,(H2,21,22,23)/t20-/m1/s1/i11D. The van der Waals surface area contributed by atoms with Crippen LogP contribution in [0.2, 0.25) is 0 Å². The zero-order valence-electron chi connectivity index (χ0n) is 17.0. The maximum Gasteiger partial charge on any atom is 0.260 e. The summed E-state index contributed by atoms with van der Waals surface area (Å²) in [4.78, 5) is 26.2. The van der Waals surface area contributed by atoms with Crippen LogP contribution in [0, 0.1) is 0 Å². The van der Waals surface area contributed by atoms with E-state index in [0.29, 0.717) is 29.0 Å². The summed E-state index contributed by atoms with van der Waals surface area (Å²) in [6.45, 7) is 0.458. The van der Waals surface area contributed by atoms with E-state index in [4.69, 9.17) is 7.10 Å². The second-order valence-electron chi connectivity index (χ2n) is 7.21. The molecule has 150 valence electrons. The highest BCUT2D eigenvalue weighted by atomic mass is 16.3. The van der Waals surface area contributed by atoms with Crippen molar-refractivity contribution in [1.29, 1.82) is 0 Å². The van der Waals surface area contributed by atoms with E-state index in [0.717, 1.165) is 5.56 Å². The zero-order valence-corrected chi connectivity index (χ0v) is 16.0. The molecule has 0 radical (unpaired) electrons. The fraction of sp³-hybridized carbons (Fsp3) is 0.200. The molecule has 1 aliphatic heterocycles. The van der Waals surface area contributed by atoms with Crippen LogP contribution in [-0.4, -0.2) is 59.5 Å². The highest BCUT2D eigenvalue weighted by Crippen LogP contribution is 2.31. The van der Waals surface area contributed by atoms with Gasteiger partial charge in [0.15, 0.2) is 11.4 Å². The lowest BCUT2D eigenvalue weighted by Crippen LogP contribution is -2.36. The molecule has 30 heavy (non-hydrogen) atoms. The number of carbonyl (C=O) groups excluding carboxylic acids is 1. The van der Waals surface area contributed by atoms with Gasteiger partial charge < -0.3 is 15.7 Å². The summed E-state index contributed by atoms with van der Waals surface area (Å²) in [6.07, 6.45) is 1.68. The lowest BCUT2D eigenvalue weighted by molar-refractivity contribution is -0.143. The first kappa shape index (κ1) is 17.0. The van der Waals surface area contributed by atoms with E-state index >= 15 is 0 Å². The van der Waals surface area contributed by atoms with Gasteiger partial charge in [-0.25, -0.2) is 19.6 Å². The largest absolute Gasteiger partial charge is 0.382 e. The molecule has 3 N–H and O–H groups in total. The van der Waals surface area contributed by atoms with Crippen LogP contribution in [0.15, 0.2) is 48.9 Å². The van der Waals surface area contributed by atoms with Crippen LogP contribution in [-0.2, 0) is 10.4 Å². The number of hydrogen-bond donors (Lipinski definition) is 2. The number of likely N-dealkylation sites (N-methyl/N-ethyl adjacent to an activating group) is 1.